The van der Waals surface area contributed by atoms with Gasteiger partial charge in [-0.2, -0.15) is 0 Å². The van der Waals surface area contributed by atoms with Crippen molar-refractivity contribution in [3.63, 3.8) is 0 Å². The quantitative estimate of drug-likeness (QED) is 0.678. The smallest absolute Gasteiger partial charge is 0.156 e. The van der Waals surface area contributed by atoms with Gasteiger partial charge in [-0.1, -0.05) is 0 Å². The highest BCUT2D eigenvalue weighted by molar-refractivity contribution is 7.80. The Morgan fingerprint density at radius 1 is 1.00 bits per heavy atom. The fraction of sp³-hybridized carbons (Fsp3) is 0.750. The summed E-state index contributed by atoms with van der Waals surface area (Å²) in [7, 11) is 0. The first-order valence-corrected chi connectivity index (χ1v) is 4.88. The average molecular weight is 238 g/mol. The van der Waals surface area contributed by atoms with Gasteiger partial charge in [0.15, 0.2) is 10.1 Å². The van der Waals surface area contributed by atoms with Crippen molar-refractivity contribution in [3.05, 3.63) is 0 Å². The van der Waals surface area contributed by atoms with Crippen LogP contribution in [0.3, 0.4) is 0 Å². The summed E-state index contributed by atoms with van der Waals surface area (Å²) in [5.41, 5.74) is 0. The maximum absolute atomic E-state index is 9.32. The van der Waals surface area contributed by atoms with Gasteiger partial charge >= 0.3 is 0 Å². The molecule has 2 atom stereocenters. The normalized spacial score (nSPS) is 14.3. The molecule has 2 N–H and O–H groups in total. The van der Waals surface area contributed by atoms with Crippen LogP contribution in [-0.2, 0) is 9.47 Å². The molecule has 0 aromatic rings. The number of thiocarbonyl (C=S) groups is 2. The highest BCUT2D eigenvalue weighted by atomic mass is 32.1. The van der Waals surface area contributed by atoms with Gasteiger partial charge in [-0.05, 0) is 24.4 Å². The fourth-order valence-electron chi connectivity index (χ4n) is 0.628. The molecule has 0 fully saturated rings. The third-order valence-corrected chi connectivity index (χ3v) is 1.59. The molecule has 0 saturated carbocycles. The summed E-state index contributed by atoms with van der Waals surface area (Å²) < 4.78 is 9.73. The lowest BCUT2D eigenvalue weighted by molar-refractivity contribution is -0.0324. The number of aliphatic hydroxyl groups is 2. The Balaban J connectivity index is 3.69. The van der Waals surface area contributed by atoms with Crippen LogP contribution >= 0.6 is 24.4 Å². The molecule has 0 rings (SSSR count). The Morgan fingerprint density at radius 3 is 1.50 bits per heavy atom. The largest absolute Gasteiger partial charge is 0.485 e. The highest BCUT2D eigenvalue weighted by Gasteiger charge is 2.17. The molecule has 0 aromatic carbocycles. The maximum atomic E-state index is 9.32. The Kier molecular flexibility index (Phi) is 6.90. The van der Waals surface area contributed by atoms with Crippen molar-refractivity contribution < 1.29 is 19.7 Å². The molecule has 4 nitrogen and oxygen atoms in total. The zero-order chi connectivity index (χ0) is 11.1. The van der Waals surface area contributed by atoms with Crippen LogP contribution in [0.15, 0.2) is 0 Å². The first kappa shape index (κ1) is 13.7. The monoisotopic (exact) mass is 238 g/mol. The average Bonchev–Trinajstić information content (AvgIpc) is 2.09. The third-order valence-electron chi connectivity index (χ3n) is 1.36. The summed E-state index contributed by atoms with van der Waals surface area (Å²) in [6, 6.07) is 0. The number of aliphatic hydroxyl groups excluding tert-OH is 2. The molecule has 0 aromatic heterocycles. The maximum Gasteiger partial charge on any atom is 0.156 e. The van der Waals surface area contributed by atoms with Gasteiger partial charge in [0, 0.05) is 13.8 Å². The van der Waals surface area contributed by atoms with Crippen LogP contribution in [0.1, 0.15) is 13.8 Å². The predicted molar refractivity (Wildman–Crippen MR) is 60.5 cm³/mol. The van der Waals surface area contributed by atoms with E-state index in [0.29, 0.717) is 10.1 Å². The van der Waals surface area contributed by atoms with Crippen molar-refractivity contribution in [1.82, 2.24) is 0 Å². The summed E-state index contributed by atoms with van der Waals surface area (Å²) in [6.45, 7) is 3.09. The van der Waals surface area contributed by atoms with Gasteiger partial charge in [0.2, 0.25) is 0 Å². The minimum absolute atomic E-state index is 0.0453. The second kappa shape index (κ2) is 7.05. The highest BCUT2D eigenvalue weighted by Crippen LogP contribution is 1.97. The van der Waals surface area contributed by atoms with Gasteiger partial charge in [0.05, 0.1) is 0 Å². The van der Waals surface area contributed by atoms with Gasteiger partial charge < -0.3 is 19.7 Å². The summed E-state index contributed by atoms with van der Waals surface area (Å²) in [5.74, 6) is 0. The Hall–Kier alpha value is -0.300. The molecule has 82 valence electrons. The first-order chi connectivity index (χ1) is 6.43. The van der Waals surface area contributed by atoms with Crippen LogP contribution in [0.25, 0.3) is 0 Å². The fourth-order valence-corrected chi connectivity index (χ4v) is 0.764. The van der Waals surface area contributed by atoms with Gasteiger partial charge in [0.1, 0.15) is 25.4 Å². The Morgan fingerprint density at radius 2 is 1.29 bits per heavy atom. The van der Waals surface area contributed by atoms with Crippen molar-refractivity contribution in [2.45, 2.75) is 26.1 Å². The number of hydrogen-bond acceptors (Lipinski definition) is 6. The van der Waals surface area contributed by atoms with Crippen LogP contribution in [0.5, 0.6) is 0 Å². The van der Waals surface area contributed by atoms with Crippen LogP contribution < -0.4 is 0 Å². The van der Waals surface area contributed by atoms with E-state index in [1.807, 2.05) is 0 Å². The van der Waals surface area contributed by atoms with Crippen LogP contribution in [0, 0.1) is 0 Å². The Bertz CT molecular complexity index is 186. The summed E-state index contributed by atoms with van der Waals surface area (Å²) in [5, 5.41) is 19.3. The van der Waals surface area contributed by atoms with Crippen LogP contribution in [0.2, 0.25) is 0 Å². The van der Waals surface area contributed by atoms with Gasteiger partial charge in [-0.15, -0.1) is 0 Å². The summed E-state index contributed by atoms with van der Waals surface area (Å²) in [6.07, 6.45) is -2.05. The van der Waals surface area contributed by atoms with Crippen molar-refractivity contribution in [3.8, 4) is 0 Å². The van der Waals surface area contributed by atoms with Crippen molar-refractivity contribution in [2.75, 3.05) is 13.2 Å². The number of hydrogen-bond donors (Lipinski definition) is 2. The van der Waals surface area contributed by atoms with Gasteiger partial charge in [-0.25, -0.2) is 0 Å². The van der Waals surface area contributed by atoms with E-state index in [1.54, 1.807) is 13.8 Å². The molecular formula is C8H14O4S2. The summed E-state index contributed by atoms with van der Waals surface area (Å²) >= 11 is 9.28. The van der Waals surface area contributed by atoms with Crippen LogP contribution in [0.4, 0.5) is 0 Å². The molecule has 14 heavy (non-hydrogen) atoms. The zero-order valence-corrected chi connectivity index (χ0v) is 9.73. The molecule has 2 unspecified atom stereocenters. The molecule has 0 heterocycles. The minimum Gasteiger partial charge on any atom is -0.485 e. The van der Waals surface area contributed by atoms with E-state index >= 15 is 0 Å². The molecule has 0 bridgehead atoms. The van der Waals surface area contributed by atoms with Crippen molar-refractivity contribution in [2.24, 2.45) is 0 Å². The standard InChI is InChI=1S/C8H14O4S2/c1-5(13)11-3-7(9)8(10)4-12-6(2)14/h7-10H,3-4H2,1-2H3. The number of ether oxygens (including phenoxy) is 2. The molecule has 0 spiro atoms. The van der Waals surface area contributed by atoms with E-state index in [4.69, 9.17) is 9.47 Å². The second-order valence-electron chi connectivity index (χ2n) is 2.74. The SMILES string of the molecule is CC(=S)OCC(O)C(O)COC(C)=S. The molecule has 0 amide bonds. The topological polar surface area (TPSA) is 58.9 Å². The van der Waals surface area contributed by atoms with E-state index in [2.05, 4.69) is 24.4 Å². The lowest BCUT2D eigenvalue weighted by Gasteiger charge is -2.17. The van der Waals surface area contributed by atoms with E-state index in [1.165, 1.54) is 0 Å². The molecule has 0 aliphatic heterocycles. The summed E-state index contributed by atoms with van der Waals surface area (Å²) in [4.78, 5) is 0. The van der Waals surface area contributed by atoms with Crippen molar-refractivity contribution in [1.29, 1.82) is 0 Å². The van der Waals surface area contributed by atoms with Gasteiger partial charge in [-0.3, -0.25) is 0 Å². The van der Waals surface area contributed by atoms with Crippen LogP contribution in [-0.4, -0.2) is 45.7 Å². The van der Waals surface area contributed by atoms with E-state index in [0.717, 1.165) is 0 Å². The molecule has 6 heteroatoms. The van der Waals surface area contributed by atoms with Gasteiger partial charge in [0.25, 0.3) is 0 Å². The Labute approximate surface area is 93.8 Å². The molecule has 0 saturated heterocycles. The van der Waals surface area contributed by atoms with Crippen molar-refractivity contribution >= 4 is 34.5 Å². The number of rotatable bonds is 5. The zero-order valence-electron chi connectivity index (χ0n) is 8.10. The molecule has 0 aliphatic carbocycles. The molecular weight excluding hydrogens is 224 g/mol. The lowest BCUT2D eigenvalue weighted by atomic mass is 10.2. The van der Waals surface area contributed by atoms with E-state index in [9.17, 15) is 10.2 Å². The second-order valence-corrected chi connectivity index (χ2v) is 3.89. The minimum atomic E-state index is -1.03. The predicted octanol–water partition coefficient (Wildman–Crippen LogP) is 0.436. The van der Waals surface area contributed by atoms with E-state index in [-0.39, 0.29) is 13.2 Å². The third kappa shape index (κ3) is 7.14. The lowest BCUT2D eigenvalue weighted by Crippen LogP contribution is -2.35. The van der Waals surface area contributed by atoms with E-state index < -0.39 is 12.2 Å². The first-order valence-electron chi connectivity index (χ1n) is 4.06. The molecule has 0 radical (unpaired) electrons. The molecule has 0 aliphatic rings.